The van der Waals surface area contributed by atoms with Crippen molar-refractivity contribution in [2.45, 2.75) is 39.2 Å². The van der Waals surface area contributed by atoms with Crippen LogP contribution in [0.1, 0.15) is 47.4 Å². The molecule has 0 N–H and O–H groups in total. The van der Waals surface area contributed by atoms with Gasteiger partial charge in [0.05, 0.1) is 24.3 Å². The van der Waals surface area contributed by atoms with Crippen LogP contribution in [-0.2, 0) is 11.3 Å². The summed E-state index contributed by atoms with van der Waals surface area (Å²) < 4.78 is 12.3. The summed E-state index contributed by atoms with van der Waals surface area (Å²) in [5.41, 5.74) is 4.07. The Bertz CT molecular complexity index is 937. The van der Waals surface area contributed by atoms with Crippen molar-refractivity contribution in [1.29, 1.82) is 0 Å². The maximum absolute atomic E-state index is 12.3. The van der Waals surface area contributed by atoms with Crippen molar-refractivity contribution in [1.82, 2.24) is 19.9 Å². The number of fused-ring (bicyclic) bond motifs is 1. The number of carbonyl (C=O) groups is 1. The van der Waals surface area contributed by atoms with Crippen molar-refractivity contribution in [3.8, 4) is 11.3 Å². The number of hydrogen-bond donors (Lipinski definition) is 0. The molecule has 7 heteroatoms. The van der Waals surface area contributed by atoms with Gasteiger partial charge in [0.15, 0.2) is 0 Å². The highest BCUT2D eigenvalue weighted by molar-refractivity contribution is 6.07. The van der Waals surface area contributed by atoms with Crippen LogP contribution in [0, 0.1) is 6.92 Å². The highest BCUT2D eigenvalue weighted by Crippen LogP contribution is 2.41. The Morgan fingerprint density at radius 2 is 2.25 bits per heavy atom. The molecule has 0 atom stereocenters. The second kappa shape index (κ2) is 5.43. The molecule has 3 aromatic heterocycles. The van der Waals surface area contributed by atoms with E-state index >= 15 is 0 Å². The SMILES string of the molecule is CCn1ncc(-c2noc3nc(C4CC4)cc(C(=O)OC)c23)c1C. The first-order valence-corrected chi connectivity index (χ1v) is 8.05. The van der Waals surface area contributed by atoms with Crippen LogP contribution in [0.25, 0.3) is 22.4 Å². The molecule has 0 radical (unpaired) electrons. The fraction of sp³-hybridized carbons (Fsp3) is 0.412. The Balaban J connectivity index is 1.96. The first-order chi connectivity index (χ1) is 11.6. The van der Waals surface area contributed by atoms with Crippen molar-refractivity contribution >= 4 is 17.1 Å². The molecule has 0 aromatic carbocycles. The lowest BCUT2D eigenvalue weighted by Crippen LogP contribution is -2.04. The Morgan fingerprint density at radius 1 is 1.46 bits per heavy atom. The van der Waals surface area contributed by atoms with Gasteiger partial charge >= 0.3 is 5.97 Å². The molecule has 3 aromatic rings. The lowest BCUT2D eigenvalue weighted by atomic mass is 10.0. The minimum Gasteiger partial charge on any atom is -0.465 e. The van der Waals surface area contributed by atoms with E-state index in [0.717, 1.165) is 36.3 Å². The summed E-state index contributed by atoms with van der Waals surface area (Å²) in [4.78, 5) is 16.9. The zero-order chi connectivity index (χ0) is 16.8. The molecule has 0 saturated heterocycles. The predicted octanol–water partition coefficient (Wildman–Crippen LogP) is 3.08. The number of hydrogen-bond acceptors (Lipinski definition) is 6. The molecule has 0 amide bonds. The van der Waals surface area contributed by atoms with Crippen LogP contribution in [0.2, 0.25) is 0 Å². The Kier molecular flexibility index (Phi) is 3.37. The topological polar surface area (TPSA) is 83.0 Å². The van der Waals surface area contributed by atoms with Crippen LogP contribution in [0.4, 0.5) is 0 Å². The van der Waals surface area contributed by atoms with Crippen LogP contribution >= 0.6 is 0 Å². The number of carbonyl (C=O) groups excluding carboxylic acids is 1. The molecule has 0 aliphatic heterocycles. The molecule has 4 rings (SSSR count). The van der Waals surface area contributed by atoms with E-state index in [1.807, 2.05) is 24.6 Å². The molecule has 3 heterocycles. The van der Waals surface area contributed by atoms with Crippen LogP contribution in [0.3, 0.4) is 0 Å². The van der Waals surface area contributed by atoms with E-state index in [4.69, 9.17) is 9.26 Å². The molecule has 24 heavy (non-hydrogen) atoms. The summed E-state index contributed by atoms with van der Waals surface area (Å²) in [6.07, 6.45) is 3.91. The molecular weight excluding hydrogens is 308 g/mol. The first-order valence-electron chi connectivity index (χ1n) is 8.05. The minimum absolute atomic E-state index is 0.374. The number of methoxy groups -OCH3 is 1. The van der Waals surface area contributed by atoms with Crippen LogP contribution < -0.4 is 0 Å². The molecule has 124 valence electrons. The smallest absolute Gasteiger partial charge is 0.338 e. The lowest BCUT2D eigenvalue weighted by Gasteiger charge is -2.05. The van der Waals surface area contributed by atoms with Crippen LogP contribution in [-0.4, -0.2) is 33.0 Å². The monoisotopic (exact) mass is 326 g/mol. The standard InChI is InChI=1S/C17H18N4O3/c1-4-21-9(2)12(8-18-21)15-14-11(17(22)23-3)7-13(10-5-6-10)19-16(14)24-20-15/h7-8,10H,4-6H2,1-3H3. The number of pyridine rings is 1. The summed E-state index contributed by atoms with van der Waals surface area (Å²) in [7, 11) is 1.37. The maximum atomic E-state index is 12.3. The second-order valence-corrected chi connectivity index (χ2v) is 6.03. The summed E-state index contributed by atoms with van der Waals surface area (Å²) in [6, 6.07) is 1.81. The highest BCUT2D eigenvalue weighted by Gasteiger charge is 2.30. The lowest BCUT2D eigenvalue weighted by molar-refractivity contribution is 0.0602. The molecule has 7 nitrogen and oxygen atoms in total. The third-order valence-electron chi connectivity index (χ3n) is 4.53. The molecule has 1 saturated carbocycles. The van der Waals surface area contributed by atoms with Gasteiger partial charge in [-0.2, -0.15) is 5.10 Å². The van der Waals surface area contributed by atoms with Crippen molar-refractivity contribution in [3.05, 3.63) is 29.2 Å². The van der Waals surface area contributed by atoms with Gasteiger partial charge in [-0.05, 0) is 32.8 Å². The summed E-state index contributed by atoms with van der Waals surface area (Å²) >= 11 is 0. The zero-order valence-corrected chi connectivity index (χ0v) is 13.9. The van der Waals surface area contributed by atoms with Gasteiger partial charge in [-0.25, -0.2) is 9.78 Å². The van der Waals surface area contributed by atoms with Gasteiger partial charge in [-0.15, -0.1) is 0 Å². The fourth-order valence-electron chi connectivity index (χ4n) is 3.01. The predicted molar refractivity (Wildman–Crippen MR) is 86.8 cm³/mol. The molecule has 0 unspecified atom stereocenters. The minimum atomic E-state index is -0.408. The molecule has 1 fully saturated rings. The zero-order valence-electron chi connectivity index (χ0n) is 13.9. The van der Waals surface area contributed by atoms with Crippen molar-refractivity contribution in [2.75, 3.05) is 7.11 Å². The van der Waals surface area contributed by atoms with Gasteiger partial charge < -0.3 is 9.26 Å². The number of nitrogens with zero attached hydrogens (tertiary/aromatic N) is 4. The molecular formula is C17H18N4O3. The number of aromatic nitrogens is 4. The average molecular weight is 326 g/mol. The number of aryl methyl sites for hydroxylation is 1. The third kappa shape index (κ3) is 2.19. The van der Waals surface area contributed by atoms with E-state index in [9.17, 15) is 4.79 Å². The van der Waals surface area contributed by atoms with Crippen molar-refractivity contribution in [2.24, 2.45) is 0 Å². The van der Waals surface area contributed by atoms with E-state index in [2.05, 4.69) is 15.2 Å². The first kappa shape index (κ1) is 14.9. The number of esters is 1. The normalized spacial score (nSPS) is 14.3. The molecule has 1 aliphatic carbocycles. The van der Waals surface area contributed by atoms with Crippen LogP contribution in [0.15, 0.2) is 16.8 Å². The van der Waals surface area contributed by atoms with Crippen molar-refractivity contribution in [3.63, 3.8) is 0 Å². The quantitative estimate of drug-likeness (QED) is 0.685. The summed E-state index contributed by atoms with van der Waals surface area (Å²) in [5, 5.41) is 9.11. The average Bonchev–Trinajstić information content (AvgIpc) is 3.27. The van der Waals surface area contributed by atoms with Crippen LogP contribution in [0.5, 0.6) is 0 Å². The largest absolute Gasteiger partial charge is 0.465 e. The Hall–Kier alpha value is -2.70. The fourth-order valence-corrected chi connectivity index (χ4v) is 3.01. The maximum Gasteiger partial charge on any atom is 0.338 e. The van der Waals surface area contributed by atoms with Gasteiger partial charge in [0.25, 0.3) is 5.71 Å². The van der Waals surface area contributed by atoms with E-state index in [-0.39, 0.29) is 0 Å². The van der Waals surface area contributed by atoms with E-state index < -0.39 is 5.97 Å². The van der Waals surface area contributed by atoms with Gasteiger partial charge in [0.1, 0.15) is 5.69 Å². The highest BCUT2D eigenvalue weighted by atomic mass is 16.5. The number of ether oxygens (including phenoxy) is 1. The summed E-state index contributed by atoms with van der Waals surface area (Å²) in [6.45, 7) is 4.75. The van der Waals surface area contributed by atoms with Gasteiger partial charge in [0.2, 0.25) is 0 Å². The van der Waals surface area contributed by atoms with Gasteiger partial charge in [-0.1, -0.05) is 5.16 Å². The van der Waals surface area contributed by atoms with E-state index in [1.54, 1.807) is 6.20 Å². The van der Waals surface area contributed by atoms with Gasteiger partial charge in [-0.3, -0.25) is 4.68 Å². The molecule has 1 aliphatic rings. The second-order valence-electron chi connectivity index (χ2n) is 6.03. The van der Waals surface area contributed by atoms with Crippen molar-refractivity contribution < 1.29 is 14.1 Å². The van der Waals surface area contributed by atoms with E-state index in [0.29, 0.717) is 28.3 Å². The van der Waals surface area contributed by atoms with E-state index in [1.165, 1.54) is 7.11 Å². The third-order valence-corrected chi connectivity index (χ3v) is 4.53. The number of rotatable bonds is 4. The molecule has 0 spiro atoms. The molecule has 0 bridgehead atoms. The Morgan fingerprint density at radius 3 is 2.88 bits per heavy atom. The Labute approximate surface area is 138 Å². The summed E-state index contributed by atoms with van der Waals surface area (Å²) in [5.74, 6) is -0.00906. The van der Waals surface area contributed by atoms with Gasteiger partial charge in [0, 0.05) is 29.4 Å².